The Balaban J connectivity index is 1.11. The molecule has 0 bridgehead atoms. The summed E-state index contributed by atoms with van der Waals surface area (Å²) in [4.78, 5) is 5.16. The van der Waals surface area contributed by atoms with Gasteiger partial charge in [0.15, 0.2) is 0 Å². The van der Waals surface area contributed by atoms with Gasteiger partial charge in [0.05, 0.1) is 29.3 Å². The molecule has 0 unspecified atom stereocenters. The van der Waals surface area contributed by atoms with Crippen LogP contribution in [0, 0.1) is 0 Å². The van der Waals surface area contributed by atoms with Gasteiger partial charge in [0.25, 0.3) is 6.71 Å². The van der Waals surface area contributed by atoms with Gasteiger partial charge < -0.3 is 14.4 Å². The first-order valence-corrected chi connectivity index (χ1v) is 36.7. The summed E-state index contributed by atoms with van der Waals surface area (Å²) < 4.78 is 49.3. The molecule has 17 rings (SSSR count). The van der Waals surface area contributed by atoms with Crippen LogP contribution >= 0.6 is 0 Å². The molecule has 14 aromatic carbocycles. The highest BCUT2D eigenvalue weighted by Crippen LogP contribution is 2.56. The summed E-state index contributed by atoms with van der Waals surface area (Å²) in [7, 11) is 0. The predicted octanol–water partition coefficient (Wildman–Crippen LogP) is 25.7. The molecule has 506 valence electrons. The van der Waals surface area contributed by atoms with Crippen molar-refractivity contribution in [3.8, 4) is 83.6 Å². The van der Waals surface area contributed by atoms with Crippen LogP contribution in [0.5, 0.6) is 0 Å². The van der Waals surface area contributed by atoms with Crippen LogP contribution < -0.4 is 26.2 Å². The lowest BCUT2D eigenvalue weighted by atomic mass is 9.33. The summed E-state index contributed by atoms with van der Waals surface area (Å²) in [5.41, 5.74) is 29.5. The van der Waals surface area contributed by atoms with Gasteiger partial charge >= 0.3 is 0 Å². The molecule has 0 aliphatic carbocycles. The van der Waals surface area contributed by atoms with E-state index in [-0.39, 0.29) is 51.4 Å². The van der Waals surface area contributed by atoms with Crippen molar-refractivity contribution in [3.63, 3.8) is 0 Å². The Morgan fingerprint density at radius 1 is 0.279 bits per heavy atom. The topological polar surface area (TPSA) is 11.4 Å². The molecule has 0 N–H and O–H groups in total. The molecule has 0 radical (unpaired) electrons. The third-order valence-corrected chi connectivity index (χ3v) is 21.6. The van der Waals surface area contributed by atoms with Gasteiger partial charge in [-0.2, -0.15) is 0 Å². The Kier molecular flexibility index (Phi) is 14.6. The second-order valence-electron chi connectivity index (χ2n) is 32.6. The monoisotopic (exact) mass is 1350 g/mol. The zero-order valence-corrected chi connectivity index (χ0v) is 61.6. The predicted molar refractivity (Wildman–Crippen MR) is 448 cm³/mol. The minimum Gasteiger partial charge on any atom is -0.310 e. The smallest absolute Gasteiger partial charge is 0.252 e. The van der Waals surface area contributed by atoms with Crippen LogP contribution in [0.3, 0.4) is 0 Å². The van der Waals surface area contributed by atoms with E-state index < -0.39 is 12.8 Å². The number of aromatic nitrogens is 1. The molecular weight excluding hydrogens is 1250 g/mol. The Morgan fingerprint density at radius 3 is 1.18 bits per heavy atom. The van der Waals surface area contributed by atoms with Crippen molar-refractivity contribution < 1.29 is 6.85 Å². The van der Waals surface area contributed by atoms with E-state index in [4.69, 9.17) is 1.37 Å². The van der Waals surface area contributed by atoms with Gasteiger partial charge in [0.1, 0.15) is 0 Å². The quantitative estimate of drug-likeness (QED) is 0.126. The molecular formula is C100H88BN3. The molecule has 1 aromatic heterocycles. The first-order chi connectivity index (χ1) is 52.2. The first-order valence-electron chi connectivity index (χ1n) is 39.2. The number of hydrogen-bond donors (Lipinski definition) is 0. The lowest BCUT2D eigenvalue weighted by Crippen LogP contribution is -2.61. The first kappa shape index (κ1) is 60.2. The van der Waals surface area contributed by atoms with E-state index in [1.54, 1.807) is 0 Å². The van der Waals surface area contributed by atoms with Gasteiger partial charge in [-0.05, 0) is 189 Å². The van der Waals surface area contributed by atoms with E-state index in [2.05, 4.69) is 377 Å². The van der Waals surface area contributed by atoms with Crippen molar-refractivity contribution in [3.05, 3.63) is 338 Å². The van der Waals surface area contributed by atoms with Crippen LogP contribution in [0.2, 0.25) is 0 Å². The zero-order chi connectivity index (χ0) is 75.9. The maximum absolute atomic E-state index is 9.76. The number of nitrogens with zero attached hydrogens (tertiary/aromatic N) is 3. The highest BCUT2D eigenvalue weighted by Gasteiger charge is 2.46. The van der Waals surface area contributed by atoms with Crippen LogP contribution in [0.25, 0.3) is 105 Å². The summed E-state index contributed by atoms with van der Waals surface area (Å²) in [6, 6.07) is 104. The van der Waals surface area contributed by atoms with Gasteiger partial charge in [-0.3, -0.25) is 0 Å². The fourth-order valence-electron chi connectivity index (χ4n) is 16.1. The van der Waals surface area contributed by atoms with E-state index in [0.29, 0.717) is 5.56 Å². The second kappa shape index (κ2) is 25.2. The molecule has 3 heterocycles. The normalized spacial score (nSPS) is 13.6. The number of rotatable bonds is 10. The highest BCUT2D eigenvalue weighted by molar-refractivity contribution is 7.00. The number of fused-ring (bicyclic) bond motifs is 7. The van der Waals surface area contributed by atoms with Crippen molar-refractivity contribution in [2.45, 2.75) is 105 Å². The Bertz CT molecular complexity index is 5960. The molecule has 4 heteroatoms. The van der Waals surface area contributed by atoms with Crippen molar-refractivity contribution in [2.75, 3.05) is 9.80 Å². The van der Waals surface area contributed by atoms with Crippen molar-refractivity contribution in [1.82, 2.24) is 4.57 Å². The molecule has 0 spiro atoms. The molecule has 104 heavy (non-hydrogen) atoms. The Morgan fingerprint density at radius 2 is 0.692 bits per heavy atom. The Labute approximate surface area is 622 Å². The van der Waals surface area contributed by atoms with Crippen molar-refractivity contribution in [2.24, 2.45) is 0 Å². The maximum Gasteiger partial charge on any atom is 0.252 e. The molecule has 15 aromatic rings. The van der Waals surface area contributed by atoms with Crippen molar-refractivity contribution in [1.29, 1.82) is 0 Å². The summed E-state index contributed by atoms with van der Waals surface area (Å²) in [6.45, 7) is 27.2. The molecule has 0 saturated heterocycles. The molecule has 0 saturated carbocycles. The highest BCUT2D eigenvalue weighted by atomic mass is 15.2. The molecule has 0 atom stereocenters. The van der Waals surface area contributed by atoms with Gasteiger partial charge in [0, 0.05) is 61.5 Å². The standard InChI is InChI=1S/C100H88BN3/c1-97(2,3)74-54-72(55-75(60-74)98(4,5)6)70-51-53-88-86(56-70)101-85-52-50-71(65-34-19-13-20-35-65)57-90(85)104(96-83(68-40-25-16-26-41-68)63-77(100(10,11)12)64-84(96)69-42-27-17-28-43-69)92-59-73(79-47-33-49-89-93(79)80-46-31-32-48-87(80)102(89)78-44-29-18-30-45-78)58-91(94(92)101)103(88)95-81(66-36-21-14-22-37-66)61-76(99(7,8)9)62-82(95)67-38-23-15-24-39-67/h13-64H,1-12H3/i13D,19D,20D,34D,35D. The van der Waals surface area contributed by atoms with Gasteiger partial charge in [-0.1, -0.05) is 326 Å². The third kappa shape index (κ3) is 11.5. The van der Waals surface area contributed by atoms with Gasteiger partial charge in [-0.15, -0.1) is 0 Å². The molecule has 0 fully saturated rings. The fraction of sp³-hybridized carbons (Fsp3) is 0.160. The Hall–Kier alpha value is -11.5. The summed E-state index contributed by atoms with van der Waals surface area (Å²) in [5.74, 6) is 0. The molecule has 2 aliphatic rings. The number of para-hydroxylation sites is 2. The average molecular weight is 1350 g/mol. The minimum absolute atomic E-state index is 0.136. The summed E-state index contributed by atoms with van der Waals surface area (Å²) >= 11 is 0. The van der Waals surface area contributed by atoms with Crippen LogP contribution in [-0.4, -0.2) is 11.3 Å². The summed E-state index contributed by atoms with van der Waals surface area (Å²) in [5, 5.41) is 2.24. The van der Waals surface area contributed by atoms with Crippen LogP contribution in [0.15, 0.2) is 315 Å². The van der Waals surface area contributed by atoms with Gasteiger partial charge in [0.2, 0.25) is 0 Å². The van der Waals surface area contributed by atoms with Crippen LogP contribution in [-0.2, 0) is 21.7 Å². The van der Waals surface area contributed by atoms with E-state index >= 15 is 0 Å². The maximum atomic E-state index is 9.76. The van der Waals surface area contributed by atoms with E-state index in [9.17, 15) is 5.48 Å². The number of hydrogen-bond acceptors (Lipinski definition) is 2. The lowest BCUT2D eigenvalue weighted by molar-refractivity contribution is 0.569. The lowest BCUT2D eigenvalue weighted by Gasteiger charge is -2.46. The number of benzene rings is 14. The molecule has 3 nitrogen and oxygen atoms in total. The molecule has 0 amide bonds. The molecule has 2 aliphatic heterocycles. The average Bonchev–Trinajstić information content (AvgIpc) is 0.884. The summed E-state index contributed by atoms with van der Waals surface area (Å²) in [6.07, 6.45) is 0. The van der Waals surface area contributed by atoms with E-state index in [1.165, 1.54) is 16.7 Å². The van der Waals surface area contributed by atoms with Crippen molar-refractivity contribution >= 4 is 79.0 Å². The largest absolute Gasteiger partial charge is 0.310 e. The fourth-order valence-corrected chi connectivity index (χ4v) is 16.1. The second-order valence-corrected chi connectivity index (χ2v) is 32.6. The van der Waals surface area contributed by atoms with Crippen LogP contribution in [0.1, 0.15) is 112 Å². The SMILES string of the molecule is [2H]c1c([2H])c([2H])c(-c2ccc3c(c2)N(c2c(-c4ccccc4)cc(C(C)(C)C)cc2-c2ccccc2)c2cc(-c4cccc5c4c4ccccc4n5-c4ccccc4)cc4c2B3c2cc(-c3cc(C(C)(C)C)cc(C(C)(C)C)c3)ccc2N4c2c(-c3ccccc3)cc(C(C)(C)C)cc2-c2ccccc2)c([2H])c1[2H]. The van der Waals surface area contributed by atoms with E-state index in [1.807, 2.05) is 6.07 Å². The number of anilines is 6. The third-order valence-electron chi connectivity index (χ3n) is 21.6. The van der Waals surface area contributed by atoms with Gasteiger partial charge in [-0.25, -0.2) is 0 Å². The van der Waals surface area contributed by atoms with E-state index in [0.717, 1.165) is 150 Å². The minimum atomic E-state index is -0.474. The zero-order valence-electron chi connectivity index (χ0n) is 66.6. The van der Waals surface area contributed by atoms with Crippen LogP contribution in [0.4, 0.5) is 34.1 Å².